The number of aromatic amines is 1. The van der Waals surface area contributed by atoms with Crippen molar-refractivity contribution in [2.75, 3.05) is 0 Å². The molecule has 0 radical (unpaired) electrons. The van der Waals surface area contributed by atoms with Crippen LogP contribution in [0.15, 0.2) is 47.5 Å². The SMILES string of the molecule is O=S(O)c1ccccc1-c1cc(Cl)nc2cc[nH]c12. The van der Waals surface area contributed by atoms with E-state index in [0.29, 0.717) is 15.6 Å². The van der Waals surface area contributed by atoms with Gasteiger partial charge in [0.1, 0.15) is 5.15 Å². The first-order valence-electron chi connectivity index (χ1n) is 5.50. The summed E-state index contributed by atoms with van der Waals surface area (Å²) in [4.78, 5) is 7.62. The molecule has 0 aliphatic carbocycles. The lowest BCUT2D eigenvalue weighted by molar-refractivity contribution is 0.564. The molecule has 0 saturated carbocycles. The third-order valence-electron chi connectivity index (χ3n) is 2.85. The number of benzene rings is 1. The van der Waals surface area contributed by atoms with Crippen LogP contribution in [-0.4, -0.2) is 18.7 Å². The average molecular weight is 293 g/mol. The van der Waals surface area contributed by atoms with E-state index in [0.717, 1.165) is 16.6 Å². The molecule has 0 aliphatic heterocycles. The minimum Gasteiger partial charge on any atom is -0.359 e. The third-order valence-corrected chi connectivity index (χ3v) is 3.78. The molecule has 3 rings (SSSR count). The van der Waals surface area contributed by atoms with Crippen LogP contribution in [0.2, 0.25) is 5.15 Å². The maximum Gasteiger partial charge on any atom is 0.187 e. The molecular formula is C13H9ClN2O2S. The van der Waals surface area contributed by atoms with Crippen LogP contribution in [0.5, 0.6) is 0 Å². The lowest BCUT2D eigenvalue weighted by Gasteiger charge is -2.08. The monoisotopic (exact) mass is 292 g/mol. The molecule has 4 nitrogen and oxygen atoms in total. The summed E-state index contributed by atoms with van der Waals surface area (Å²) >= 11 is 3.94. The van der Waals surface area contributed by atoms with Crippen LogP contribution in [0.1, 0.15) is 0 Å². The summed E-state index contributed by atoms with van der Waals surface area (Å²) in [7, 11) is 0. The first-order valence-corrected chi connectivity index (χ1v) is 6.99. The highest BCUT2D eigenvalue weighted by molar-refractivity contribution is 7.79. The van der Waals surface area contributed by atoms with Crippen molar-refractivity contribution in [1.82, 2.24) is 9.97 Å². The number of nitrogens with zero attached hydrogens (tertiary/aromatic N) is 1. The molecule has 2 N–H and O–H groups in total. The van der Waals surface area contributed by atoms with Gasteiger partial charge in [-0.15, -0.1) is 0 Å². The maximum atomic E-state index is 11.4. The van der Waals surface area contributed by atoms with Crippen LogP contribution >= 0.6 is 11.6 Å². The van der Waals surface area contributed by atoms with Gasteiger partial charge in [0.2, 0.25) is 0 Å². The molecule has 3 aromatic rings. The van der Waals surface area contributed by atoms with Crippen LogP contribution in [0.4, 0.5) is 0 Å². The fraction of sp³-hybridized carbons (Fsp3) is 0. The van der Waals surface area contributed by atoms with Crippen molar-refractivity contribution in [3.8, 4) is 11.1 Å². The van der Waals surface area contributed by atoms with E-state index in [2.05, 4.69) is 9.97 Å². The van der Waals surface area contributed by atoms with Gasteiger partial charge in [-0.25, -0.2) is 9.19 Å². The predicted molar refractivity (Wildman–Crippen MR) is 75.6 cm³/mol. The van der Waals surface area contributed by atoms with E-state index < -0.39 is 11.1 Å². The summed E-state index contributed by atoms with van der Waals surface area (Å²) in [6.45, 7) is 0. The molecule has 0 saturated heterocycles. The van der Waals surface area contributed by atoms with E-state index in [1.54, 1.807) is 30.5 Å². The second kappa shape index (κ2) is 4.77. The van der Waals surface area contributed by atoms with Gasteiger partial charge in [-0.1, -0.05) is 29.8 Å². The Kier molecular flexibility index (Phi) is 3.10. The summed E-state index contributed by atoms with van der Waals surface area (Å²) in [5.41, 5.74) is 2.95. The second-order valence-corrected chi connectivity index (χ2v) is 5.30. The number of nitrogens with one attached hydrogen (secondary N) is 1. The Bertz CT molecular complexity index is 785. The maximum absolute atomic E-state index is 11.4. The normalized spacial score (nSPS) is 12.7. The predicted octanol–water partition coefficient (Wildman–Crippen LogP) is 3.46. The van der Waals surface area contributed by atoms with Crippen molar-refractivity contribution < 1.29 is 8.76 Å². The topological polar surface area (TPSA) is 66.0 Å². The molecule has 0 bridgehead atoms. The van der Waals surface area contributed by atoms with Gasteiger partial charge < -0.3 is 9.54 Å². The first kappa shape index (κ1) is 12.3. The zero-order chi connectivity index (χ0) is 13.4. The van der Waals surface area contributed by atoms with E-state index in [1.165, 1.54) is 0 Å². The van der Waals surface area contributed by atoms with E-state index >= 15 is 0 Å². The molecular weight excluding hydrogens is 284 g/mol. The number of fused-ring (bicyclic) bond motifs is 1. The van der Waals surface area contributed by atoms with Crippen LogP contribution in [0.25, 0.3) is 22.2 Å². The lowest BCUT2D eigenvalue weighted by atomic mass is 10.1. The van der Waals surface area contributed by atoms with Crippen molar-refractivity contribution in [1.29, 1.82) is 0 Å². The van der Waals surface area contributed by atoms with Crippen molar-refractivity contribution in [3.05, 3.63) is 47.7 Å². The first-order chi connectivity index (χ1) is 9.16. The van der Waals surface area contributed by atoms with Gasteiger partial charge in [-0.2, -0.15) is 0 Å². The molecule has 0 spiro atoms. The molecule has 96 valence electrons. The quantitative estimate of drug-likeness (QED) is 0.561. The highest BCUT2D eigenvalue weighted by Gasteiger charge is 2.14. The van der Waals surface area contributed by atoms with Gasteiger partial charge in [0.15, 0.2) is 11.1 Å². The Morgan fingerprint density at radius 2 is 2.00 bits per heavy atom. The van der Waals surface area contributed by atoms with Crippen molar-refractivity contribution in [2.24, 2.45) is 0 Å². The Hall–Kier alpha value is -1.69. The van der Waals surface area contributed by atoms with Crippen molar-refractivity contribution in [2.45, 2.75) is 4.90 Å². The number of aromatic nitrogens is 2. The lowest BCUT2D eigenvalue weighted by Crippen LogP contribution is -1.94. The Labute approximate surface area is 116 Å². The van der Waals surface area contributed by atoms with Crippen LogP contribution < -0.4 is 0 Å². The van der Waals surface area contributed by atoms with Crippen molar-refractivity contribution >= 4 is 33.7 Å². The third kappa shape index (κ3) is 2.16. The van der Waals surface area contributed by atoms with Gasteiger partial charge in [0.25, 0.3) is 0 Å². The summed E-state index contributed by atoms with van der Waals surface area (Å²) in [5, 5.41) is 0.348. The van der Waals surface area contributed by atoms with Crippen LogP contribution in [-0.2, 0) is 11.1 Å². The molecule has 0 amide bonds. The van der Waals surface area contributed by atoms with Gasteiger partial charge in [0.05, 0.1) is 15.9 Å². The number of pyridine rings is 1. The molecule has 1 atom stereocenters. The molecule has 0 aliphatic rings. The van der Waals surface area contributed by atoms with Gasteiger partial charge in [0, 0.05) is 17.3 Å². The minimum atomic E-state index is -2.06. The molecule has 2 aromatic heterocycles. The van der Waals surface area contributed by atoms with Gasteiger partial charge >= 0.3 is 0 Å². The van der Waals surface area contributed by atoms with Crippen LogP contribution in [0.3, 0.4) is 0 Å². The van der Waals surface area contributed by atoms with Gasteiger partial charge in [-0.3, -0.25) is 0 Å². The summed E-state index contributed by atoms with van der Waals surface area (Å²) in [6, 6.07) is 10.4. The molecule has 0 fully saturated rings. The minimum absolute atomic E-state index is 0.348. The summed E-state index contributed by atoms with van der Waals surface area (Å²) in [6.07, 6.45) is 1.76. The zero-order valence-electron chi connectivity index (χ0n) is 9.63. The fourth-order valence-corrected chi connectivity index (χ4v) is 2.82. The second-order valence-electron chi connectivity index (χ2n) is 3.98. The highest BCUT2D eigenvalue weighted by Crippen LogP contribution is 2.32. The number of rotatable bonds is 2. The highest BCUT2D eigenvalue weighted by atomic mass is 35.5. The van der Waals surface area contributed by atoms with Gasteiger partial charge in [-0.05, 0) is 18.2 Å². The standard InChI is InChI=1S/C13H9ClN2O2S/c14-12-7-9(13-10(16-12)5-6-15-13)8-3-1-2-4-11(8)19(17)18/h1-7,15H,(H,17,18). The smallest absolute Gasteiger partial charge is 0.187 e. The fourth-order valence-electron chi connectivity index (χ4n) is 2.06. The summed E-state index contributed by atoms with van der Waals surface area (Å²) in [5.74, 6) is 0. The largest absolute Gasteiger partial charge is 0.359 e. The zero-order valence-corrected chi connectivity index (χ0v) is 11.2. The van der Waals surface area contributed by atoms with E-state index in [4.69, 9.17) is 11.6 Å². The number of H-pyrrole nitrogens is 1. The molecule has 19 heavy (non-hydrogen) atoms. The van der Waals surface area contributed by atoms with E-state index in [9.17, 15) is 8.76 Å². The Balaban J connectivity index is 2.36. The summed E-state index contributed by atoms with van der Waals surface area (Å²) < 4.78 is 20.8. The molecule has 6 heteroatoms. The van der Waals surface area contributed by atoms with E-state index in [1.807, 2.05) is 12.1 Å². The molecule has 2 heterocycles. The van der Waals surface area contributed by atoms with E-state index in [-0.39, 0.29) is 0 Å². The number of hydrogen-bond donors (Lipinski definition) is 2. The number of hydrogen-bond acceptors (Lipinski definition) is 2. The average Bonchev–Trinajstić information content (AvgIpc) is 2.85. The Morgan fingerprint density at radius 1 is 1.21 bits per heavy atom. The van der Waals surface area contributed by atoms with Crippen LogP contribution in [0, 0.1) is 0 Å². The van der Waals surface area contributed by atoms with Crippen molar-refractivity contribution in [3.63, 3.8) is 0 Å². The number of halogens is 1. The molecule has 1 unspecified atom stereocenters. The Morgan fingerprint density at radius 3 is 2.79 bits per heavy atom. The molecule has 1 aromatic carbocycles.